The number of methoxy groups -OCH3 is 1. The summed E-state index contributed by atoms with van der Waals surface area (Å²) in [6.45, 7) is 0.646. The van der Waals surface area contributed by atoms with Crippen molar-refractivity contribution in [3.63, 3.8) is 0 Å². The molecular formula is C16H15N3OS. The minimum absolute atomic E-state index is 0.646. The van der Waals surface area contributed by atoms with Crippen LogP contribution in [0.3, 0.4) is 0 Å². The van der Waals surface area contributed by atoms with E-state index in [0.29, 0.717) is 6.54 Å². The van der Waals surface area contributed by atoms with Crippen molar-refractivity contribution in [3.05, 3.63) is 65.4 Å². The molecule has 106 valence electrons. The van der Waals surface area contributed by atoms with Crippen molar-refractivity contribution in [1.82, 2.24) is 9.55 Å². The van der Waals surface area contributed by atoms with Crippen LogP contribution in [0.4, 0.5) is 0 Å². The molecule has 0 amide bonds. The van der Waals surface area contributed by atoms with E-state index >= 15 is 0 Å². The van der Waals surface area contributed by atoms with Crippen LogP contribution in [0.25, 0.3) is 5.13 Å². The van der Waals surface area contributed by atoms with Gasteiger partial charge < -0.3 is 4.74 Å². The third kappa shape index (κ3) is 3.20. The summed E-state index contributed by atoms with van der Waals surface area (Å²) >= 11 is 1.61. The van der Waals surface area contributed by atoms with Gasteiger partial charge in [0.05, 0.1) is 19.3 Å². The van der Waals surface area contributed by atoms with Crippen LogP contribution in [0.5, 0.6) is 5.75 Å². The van der Waals surface area contributed by atoms with Crippen LogP contribution in [0, 0.1) is 0 Å². The molecule has 0 fully saturated rings. The van der Waals surface area contributed by atoms with Gasteiger partial charge in [-0.15, -0.1) is 11.3 Å². The molecule has 0 N–H and O–H groups in total. The van der Waals surface area contributed by atoms with Crippen molar-refractivity contribution in [2.45, 2.75) is 6.54 Å². The number of hydrogen-bond acceptors (Lipinski definition) is 4. The highest BCUT2D eigenvalue weighted by molar-refractivity contribution is 7.12. The Morgan fingerprint density at radius 2 is 2.14 bits per heavy atom. The highest BCUT2D eigenvalue weighted by Gasteiger charge is 2.02. The zero-order valence-electron chi connectivity index (χ0n) is 11.6. The molecule has 0 saturated heterocycles. The molecule has 5 heteroatoms. The number of benzene rings is 1. The van der Waals surface area contributed by atoms with E-state index in [-0.39, 0.29) is 0 Å². The standard InChI is InChI=1S/C16H15N3OS/c1-20-15-6-4-13(5-7-15)11-17-12-14-3-2-9-19(14)16-18-8-10-21-16/h2-10,12H,11H2,1H3. The van der Waals surface area contributed by atoms with Crippen molar-refractivity contribution < 1.29 is 4.74 Å². The van der Waals surface area contributed by atoms with Crippen LogP contribution in [-0.2, 0) is 6.54 Å². The van der Waals surface area contributed by atoms with Gasteiger partial charge in [-0.05, 0) is 29.8 Å². The smallest absolute Gasteiger partial charge is 0.193 e. The van der Waals surface area contributed by atoms with Crippen LogP contribution in [0.2, 0.25) is 0 Å². The van der Waals surface area contributed by atoms with Crippen molar-refractivity contribution in [1.29, 1.82) is 0 Å². The summed E-state index contributed by atoms with van der Waals surface area (Å²) in [6, 6.07) is 12.0. The summed E-state index contributed by atoms with van der Waals surface area (Å²) in [7, 11) is 1.67. The van der Waals surface area contributed by atoms with E-state index in [1.54, 1.807) is 24.6 Å². The van der Waals surface area contributed by atoms with Gasteiger partial charge in [-0.25, -0.2) is 4.98 Å². The maximum Gasteiger partial charge on any atom is 0.193 e. The van der Waals surface area contributed by atoms with E-state index in [1.165, 1.54) is 0 Å². The normalized spacial score (nSPS) is 11.1. The average molecular weight is 297 g/mol. The lowest BCUT2D eigenvalue weighted by Crippen LogP contribution is -1.97. The monoisotopic (exact) mass is 297 g/mol. The van der Waals surface area contributed by atoms with Crippen LogP contribution in [0.15, 0.2) is 59.2 Å². The predicted octanol–water partition coefficient (Wildman–Crippen LogP) is 3.56. The zero-order valence-corrected chi connectivity index (χ0v) is 12.5. The summed E-state index contributed by atoms with van der Waals surface area (Å²) in [5, 5.41) is 2.92. The van der Waals surface area contributed by atoms with Gasteiger partial charge in [0.25, 0.3) is 0 Å². The Morgan fingerprint density at radius 3 is 2.86 bits per heavy atom. The molecule has 0 spiro atoms. The maximum absolute atomic E-state index is 5.14. The topological polar surface area (TPSA) is 39.4 Å². The molecule has 0 aliphatic carbocycles. The molecule has 4 nitrogen and oxygen atoms in total. The Kier molecular flexibility index (Phi) is 4.12. The van der Waals surface area contributed by atoms with E-state index in [1.807, 2.05) is 58.8 Å². The van der Waals surface area contributed by atoms with Crippen LogP contribution < -0.4 is 4.74 Å². The van der Waals surface area contributed by atoms with E-state index in [9.17, 15) is 0 Å². The Hall–Kier alpha value is -2.40. The molecule has 3 aromatic rings. The maximum atomic E-state index is 5.14. The third-order valence-electron chi connectivity index (χ3n) is 3.06. The fraction of sp³-hybridized carbons (Fsp3) is 0.125. The highest BCUT2D eigenvalue weighted by atomic mass is 32.1. The fourth-order valence-corrected chi connectivity index (χ4v) is 2.63. The number of nitrogens with zero attached hydrogens (tertiary/aromatic N) is 3. The first-order chi connectivity index (χ1) is 10.4. The molecule has 0 atom stereocenters. The van der Waals surface area contributed by atoms with Crippen LogP contribution >= 0.6 is 11.3 Å². The van der Waals surface area contributed by atoms with Crippen LogP contribution in [0.1, 0.15) is 11.3 Å². The lowest BCUT2D eigenvalue weighted by atomic mass is 10.2. The number of aliphatic imine (C=N–C) groups is 1. The SMILES string of the molecule is COc1ccc(CN=Cc2cccn2-c2nccs2)cc1. The summed E-state index contributed by atoms with van der Waals surface area (Å²) in [6.07, 6.45) is 5.68. The largest absolute Gasteiger partial charge is 0.497 e. The molecule has 2 aromatic heterocycles. The Morgan fingerprint density at radius 1 is 1.29 bits per heavy atom. The molecule has 0 bridgehead atoms. The van der Waals surface area contributed by atoms with Crippen molar-refractivity contribution in [3.8, 4) is 10.9 Å². The molecule has 3 rings (SSSR count). The first kappa shape index (κ1) is 13.6. The lowest BCUT2D eigenvalue weighted by molar-refractivity contribution is 0.414. The average Bonchev–Trinajstić information content (AvgIpc) is 3.18. The molecule has 0 aliphatic rings. The first-order valence-electron chi connectivity index (χ1n) is 6.57. The van der Waals surface area contributed by atoms with Gasteiger partial charge in [0.1, 0.15) is 5.75 Å². The van der Waals surface area contributed by atoms with Gasteiger partial charge in [-0.3, -0.25) is 9.56 Å². The van der Waals surface area contributed by atoms with Gasteiger partial charge in [-0.2, -0.15) is 0 Å². The lowest BCUT2D eigenvalue weighted by Gasteiger charge is -2.02. The second-order valence-corrected chi connectivity index (χ2v) is 5.31. The van der Waals surface area contributed by atoms with Crippen molar-refractivity contribution in [2.24, 2.45) is 4.99 Å². The van der Waals surface area contributed by atoms with Crippen molar-refractivity contribution in [2.75, 3.05) is 7.11 Å². The molecule has 21 heavy (non-hydrogen) atoms. The van der Waals surface area contributed by atoms with Crippen molar-refractivity contribution >= 4 is 17.6 Å². The number of hydrogen-bond donors (Lipinski definition) is 0. The summed E-state index contributed by atoms with van der Waals surface area (Å²) in [4.78, 5) is 8.81. The number of aromatic nitrogens is 2. The van der Waals surface area contributed by atoms with Gasteiger partial charge in [0.15, 0.2) is 5.13 Å². The number of ether oxygens (including phenoxy) is 1. The zero-order chi connectivity index (χ0) is 14.5. The molecule has 0 radical (unpaired) electrons. The first-order valence-corrected chi connectivity index (χ1v) is 7.45. The van der Waals surface area contributed by atoms with E-state index in [2.05, 4.69) is 9.98 Å². The molecule has 0 aliphatic heterocycles. The van der Waals surface area contributed by atoms with E-state index in [4.69, 9.17) is 4.74 Å². The van der Waals surface area contributed by atoms with E-state index < -0.39 is 0 Å². The second-order valence-electron chi connectivity index (χ2n) is 4.44. The summed E-state index contributed by atoms with van der Waals surface area (Å²) in [5.74, 6) is 0.861. The van der Waals surface area contributed by atoms with Gasteiger partial charge in [-0.1, -0.05) is 12.1 Å². The highest BCUT2D eigenvalue weighted by Crippen LogP contribution is 2.15. The minimum atomic E-state index is 0.646. The predicted molar refractivity (Wildman–Crippen MR) is 85.7 cm³/mol. The number of rotatable bonds is 5. The molecule has 0 unspecified atom stereocenters. The van der Waals surface area contributed by atoms with Gasteiger partial charge >= 0.3 is 0 Å². The quantitative estimate of drug-likeness (QED) is 0.675. The molecule has 0 saturated carbocycles. The second kappa shape index (κ2) is 6.37. The van der Waals surface area contributed by atoms with Crippen LogP contribution in [-0.4, -0.2) is 22.9 Å². The molecular weight excluding hydrogens is 282 g/mol. The Labute approximate surface area is 127 Å². The summed E-state index contributed by atoms with van der Waals surface area (Å²) < 4.78 is 7.17. The number of thiazole rings is 1. The fourth-order valence-electron chi connectivity index (χ4n) is 1.98. The van der Waals surface area contributed by atoms with Gasteiger partial charge in [0, 0.05) is 24.0 Å². The Bertz CT molecular complexity index is 714. The summed E-state index contributed by atoms with van der Waals surface area (Å²) in [5.41, 5.74) is 2.18. The molecule has 2 heterocycles. The molecule has 1 aromatic carbocycles. The van der Waals surface area contributed by atoms with E-state index in [0.717, 1.165) is 22.1 Å². The minimum Gasteiger partial charge on any atom is -0.497 e. The Balaban J connectivity index is 1.70. The third-order valence-corrected chi connectivity index (χ3v) is 3.83. The van der Waals surface area contributed by atoms with Gasteiger partial charge in [0.2, 0.25) is 0 Å².